The summed E-state index contributed by atoms with van der Waals surface area (Å²) < 4.78 is 6.00. The maximum Gasteiger partial charge on any atom is 0.255 e. The van der Waals surface area contributed by atoms with Crippen molar-refractivity contribution in [1.82, 2.24) is 26.2 Å². The molecule has 1 aliphatic heterocycles. The van der Waals surface area contributed by atoms with Crippen molar-refractivity contribution in [2.45, 2.75) is 65.1 Å². The van der Waals surface area contributed by atoms with Gasteiger partial charge in [0, 0.05) is 13.0 Å². The number of fused-ring (bicyclic) bond motifs is 1. The first-order valence-corrected chi connectivity index (χ1v) is 13.0. The van der Waals surface area contributed by atoms with Crippen molar-refractivity contribution in [3.63, 3.8) is 0 Å². The molecular weight excluding hydrogens is 474 g/mol. The summed E-state index contributed by atoms with van der Waals surface area (Å²) in [5.41, 5.74) is 0.279. The number of nitrogens with zero attached hydrogens (tertiary/aromatic N) is 1. The molecule has 4 N–H and O–H groups in total. The van der Waals surface area contributed by atoms with Gasteiger partial charge in [-0.2, -0.15) is 0 Å². The summed E-state index contributed by atoms with van der Waals surface area (Å²) in [5, 5.41) is 11.4. The largest absolute Gasteiger partial charge is 0.491 e. The summed E-state index contributed by atoms with van der Waals surface area (Å²) >= 11 is 0. The first-order chi connectivity index (χ1) is 17.5. The molecule has 2 rings (SSSR count). The van der Waals surface area contributed by atoms with E-state index in [2.05, 4.69) is 21.3 Å². The molecule has 10 nitrogen and oxygen atoms in total. The van der Waals surface area contributed by atoms with E-state index in [-0.39, 0.29) is 60.6 Å². The van der Waals surface area contributed by atoms with Gasteiger partial charge in [-0.3, -0.25) is 19.2 Å². The van der Waals surface area contributed by atoms with Crippen LogP contribution in [0.15, 0.2) is 24.3 Å². The van der Waals surface area contributed by atoms with Gasteiger partial charge in [0.05, 0.1) is 11.6 Å². The van der Waals surface area contributed by atoms with Crippen molar-refractivity contribution in [2.75, 3.05) is 33.8 Å². The van der Waals surface area contributed by atoms with Gasteiger partial charge in [-0.05, 0) is 57.5 Å². The zero-order chi connectivity index (χ0) is 27.5. The van der Waals surface area contributed by atoms with E-state index in [9.17, 15) is 19.2 Å². The van der Waals surface area contributed by atoms with Crippen molar-refractivity contribution in [3.8, 4) is 5.75 Å². The highest BCUT2D eigenvalue weighted by molar-refractivity contribution is 5.99. The molecule has 0 bridgehead atoms. The summed E-state index contributed by atoms with van der Waals surface area (Å²) in [6, 6.07) is 4.78. The standard InChI is InChI=1S/C27H43N5O5/c1-17(2)21-16-37-22-11-8-7-10-19(22)25(34)29-20(26(35)28-14-9-15-32(5)6)12-13-23(33)31-24(18(3)4)27(36)30-21/h7-8,10-11,17-18,20-21,24H,9,12-16H2,1-6H3,(H,28,35)(H,29,34)(H,30,36)(H,31,33)/t20-,21+,24+/m0/s1. The third-order valence-electron chi connectivity index (χ3n) is 6.31. The number of nitrogens with one attached hydrogen (secondary N) is 4. The maximum atomic E-state index is 13.2. The van der Waals surface area contributed by atoms with Crippen molar-refractivity contribution in [2.24, 2.45) is 11.8 Å². The van der Waals surface area contributed by atoms with Gasteiger partial charge in [-0.1, -0.05) is 39.8 Å². The molecule has 3 atom stereocenters. The van der Waals surface area contributed by atoms with Gasteiger partial charge in [-0.15, -0.1) is 0 Å². The van der Waals surface area contributed by atoms with Crippen LogP contribution in [0, 0.1) is 11.8 Å². The van der Waals surface area contributed by atoms with E-state index >= 15 is 0 Å². The highest BCUT2D eigenvalue weighted by Gasteiger charge is 2.30. The van der Waals surface area contributed by atoms with Crippen LogP contribution in [0.5, 0.6) is 5.75 Å². The summed E-state index contributed by atoms with van der Waals surface area (Å²) in [7, 11) is 3.90. The second kappa shape index (κ2) is 14.6. The van der Waals surface area contributed by atoms with E-state index in [1.54, 1.807) is 24.3 Å². The normalized spacial score (nSPS) is 21.8. The molecule has 0 aromatic heterocycles. The van der Waals surface area contributed by atoms with Crippen LogP contribution >= 0.6 is 0 Å². The molecule has 0 saturated heterocycles. The fourth-order valence-electron chi connectivity index (χ4n) is 3.92. The van der Waals surface area contributed by atoms with E-state index in [0.29, 0.717) is 12.3 Å². The monoisotopic (exact) mass is 517 g/mol. The smallest absolute Gasteiger partial charge is 0.255 e. The third kappa shape index (κ3) is 9.68. The van der Waals surface area contributed by atoms with Gasteiger partial charge in [-0.25, -0.2) is 0 Å². The van der Waals surface area contributed by atoms with Crippen LogP contribution < -0.4 is 26.0 Å². The molecule has 1 aromatic carbocycles. The molecule has 1 heterocycles. The number of benzene rings is 1. The number of carbonyl (C=O) groups excluding carboxylic acids is 4. The molecule has 10 heteroatoms. The first-order valence-electron chi connectivity index (χ1n) is 13.0. The Bertz CT molecular complexity index is 934. The van der Waals surface area contributed by atoms with Crippen molar-refractivity contribution in [1.29, 1.82) is 0 Å². The Morgan fingerprint density at radius 3 is 2.41 bits per heavy atom. The van der Waals surface area contributed by atoms with Gasteiger partial charge in [0.1, 0.15) is 24.4 Å². The van der Waals surface area contributed by atoms with Crippen LogP contribution in [0.1, 0.15) is 57.3 Å². The molecule has 4 amide bonds. The fourth-order valence-corrected chi connectivity index (χ4v) is 3.92. The lowest BCUT2D eigenvalue weighted by Crippen LogP contribution is -2.54. The van der Waals surface area contributed by atoms with E-state index in [1.807, 2.05) is 46.7 Å². The zero-order valence-electron chi connectivity index (χ0n) is 22.9. The van der Waals surface area contributed by atoms with E-state index in [0.717, 1.165) is 13.0 Å². The average molecular weight is 518 g/mol. The zero-order valence-corrected chi connectivity index (χ0v) is 22.9. The molecule has 0 fully saturated rings. The molecular formula is C27H43N5O5. The first kappa shape index (κ1) is 30.1. The van der Waals surface area contributed by atoms with Gasteiger partial charge in [0.2, 0.25) is 17.7 Å². The predicted molar refractivity (Wildman–Crippen MR) is 142 cm³/mol. The number of hydrogen-bond donors (Lipinski definition) is 4. The molecule has 0 spiro atoms. The Morgan fingerprint density at radius 2 is 1.76 bits per heavy atom. The molecule has 0 radical (unpaired) electrons. The van der Waals surface area contributed by atoms with Crippen LogP contribution in [0.2, 0.25) is 0 Å². The second-order valence-corrected chi connectivity index (χ2v) is 10.5. The van der Waals surface area contributed by atoms with E-state index in [1.165, 1.54) is 0 Å². The molecule has 0 aliphatic carbocycles. The Kier molecular flexibility index (Phi) is 11.8. The lowest BCUT2D eigenvalue weighted by Gasteiger charge is -2.27. The van der Waals surface area contributed by atoms with Crippen LogP contribution in [0.25, 0.3) is 0 Å². The van der Waals surface area contributed by atoms with Gasteiger partial charge in [0.25, 0.3) is 5.91 Å². The average Bonchev–Trinajstić information content (AvgIpc) is 2.84. The Morgan fingerprint density at radius 1 is 1.05 bits per heavy atom. The lowest BCUT2D eigenvalue weighted by molar-refractivity contribution is -0.131. The minimum Gasteiger partial charge on any atom is -0.491 e. The summed E-state index contributed by atoms with van der Waals surface area (Å²) in [6.07, 6.45) is 0.804. The minimum absolute atomic E-state index is 0.0294. The molecule has 37 heavy (non-hydrogen) atoms. The molecule has 0 saturated carbocycles. The van der Waals surface area contributed by atoms with Crippen LogP contribution in [-0.4, -0.2) is 80.4 Å². The summed E-state index contributed by atoms with van der Waals surface area (Å²) in [4.78, 5) is 54.1. The fraction of sp³-hybridized carbons (Fsp3) is 0.630. The number of amides is 4. The number of rotatable bonds is 7. The second-order valence-electron chi connectivity index (χ2n) is 10.5. The molecule has 0 unspecified atom stereocenters. The highest BCUT2D eigenvalue weighted by Crippen LogP contribution is 2.20. The number of para-hydroxylation sites is 1. The van der Waals surface area contributed by atoms with Crippen molar-refractivity contribution < 1.29 is 23.9 Å². The third-order valence-corrected chi connectivity index (χ3v) is 6.31. The van der Waals surface area contributed by atoms with Gasteiger partial charge < -0.3 is 30.9 Å². The maximum absolute atomic E-state index is 13.2. The quantitative estimate of drug-likeness (QED) is 0.404. The summed E-state index contributed by atoms with van der Waals surface area (Å²) in [6.45, 7) is 9.04. The lowest BCUT2D eigenvalue weighted by atomic mass is 10.00. The van der Waals surface area contributed by atoms with Gasteiger partial charge >= 0.3 is 0 Å². The number of ether oxygens (including phenoxy) is 1. The van der Waals surface area contributed by atoms with E-state index < -0.39 is 18.0 Å². The molecule has 1 aliphatic rings. The SMILES string of the molecule is CC(C)[C@H]1COc2ccccc2C(=O)N[C@H](C(=O)NCCCN(C)C)CCC(=O)N[C@H](C(C)C)C(=O)N1. The Hall–Kier alpha value is -3.14. The van der Waals surface area contributed by atoms with Crippen LogP contribution in [-0.2, 0) is 14.4 Å². The van der Waals surface area contributed by atoms with Gasteiger partial charge in [0.15, 0.2) is 0 Å². The van der Waals surface area contributed by atoms with Crippen LogP contribution in [0.3, 0.4) is 0 Å². The minimum atomic E-state index is -0.925. The highest BCUT2D eigenvalue weighted by atomic mass is 16.5. The van der Waals surface area contributed by atoms with Crippen molar-refractivity contribution in [3.05, 3.63) is 29.8 Å². The Balaban J connectivity index is 2.32. The van der Waals surface area contributed by atoms with Crippen LogP contribution in [0.4, 0.5) is 0 Å². The topological polar surface area (TPSA) is 129 Å². The number of carbonyl (C=O) groups is 4. The summed E-state index contributed by atoms with van der Waals surface area (Å²) in [5.74, 6) is -1.23. The predicted octanol–water partition coefficient (Wildman–Crippen LogP) is 1.31. The molecule has 206 valence electrons. The van der Waals surface area contributed by atoms with E-state index in [4.69, 9.17) is 4.74 Å². The Labute approximate surface area is 220 Å². The molecule has 1 aromatic rings. The van der Waals surface area contributed by atoms with Crippen molar-refractivity contribution >= 4 is 23.6 Å². The number of hydrogen-bond acceptors (Lipinski definition) is 6.